The summed E-state index contributed by atoms with van der Waals surface area (Å²) in [5.41, 5.74) is 5.74. The van der Waals surface area contributed by atoms with Crippen LogP contribution in [0.5, 0.6) is 5.75 Å². The number of phenolic OH excluding ortho intramolecular Hbond substituents is 1. The third kappa shape index (κ3) is 4.87. The number of nitrogens with one attached hydrogen (secondary N) is 1. The van der Waals surface area contributed by atoms with E-state index in [1.807, 2.05) is 4.72 Å². The molecule has 18 heavy (non-hydrogen) atoms. The number of sulfonamides is 2. The number of hydrogen-bond donors (Lipinski definition) is 4. The molecule has 0 atom stereocenters. The van der Waals surface area contributed by atoms with Crippen molar-refractivity contribution in [2.75, 3.05) is 11.6 Å². The van der Waals surface area contributed by atoms with E-state index in [9.17, 15) is 21.9 Å². The van der Waals surface area contributed by atoms with Crippen molar-refractivity contribution >= 4 is 25.7 Å². The number of rotatable bonds is 5. The monoisotopic (exact) mass is 295 g/mol. The largest absolute Gasteiger partial charge is 0.506 e. The molecule has 1 aromatic rings. The van der Waals surface area contributed by atoms with Gasteiger partial charge in [-0.15, -0.1) is 0 Å². The Hall–Kier alpha value is -1.36. The second-order valence-electron chi connectivity index (χ2n) is 3.60. The zero-order chi connectivity index (χ0) is 14.0. The maximum absolute atomic E-state index is 11.5. The van der Waals surface area contributed by atoms with Gasteiger partial charge in [0, 0.05) is 0 Å². The number of aromatic hydroxyl groups is 1. The van der Waals surface area contributed by atoms with Crippen LogP contribution in [0.3, 0.4) is 0 Å². The second-order valence-corrected chi connectivity index (χ2v) is 7.03. The van der Waals surface area contributed by atoms with Gasteiger partial charge in [0.15, 0.2) is 0 Å². The van der Waals surface area contributed by atoms with E-state index in [0.29, 0.717) is 0 Å². The van der Waals surface area contributed by atoms with Crippen LogP contribution in [0.4, 0.5) is 5.69 Å². The van der Waals surface area contributed by atoms with Crippen molar-refractivity contribution in [3.8, 4) is 5.75 Å². The Morgan fingerprint density at radius 2 is 1.83 bits per heavy atom. The minimum Gasteiger partial charge on any atom is -0.506 e. The first kappa shape index (κ1) is 14.7. The first-order valence-electron chi connectivity index (χ1n) is 4.64. The fourth-order valence-electron chi connectivity index (χ4n) is 1.12. The minimum atomic E-state index is -3.92. The highest BCUT2D eigenvalue weighted by atomic mass is 32.2. The Morgan fingerprint density at radius 1 is 1.22 bits per heavy atom. The molecule has 0 aliphatic rings. The van der Waals surface area contributed by atoms with Crippen molar-refractivity contribution in [1.82, 2.24) is 4.72 Å². The van der Waals surface area contributed by atoms with Crippen LogP contribution in [0.2, 0.25) is 0 Å². The smallest absolute Gasteiger partial charge is 0.223 e. The lowest BCUT2D eigenvalue weighted by molar-refractivity contribution is 0.477. The summed E-state index contributed by atoms with van der Waals surface area (Å²) >= 11 is 0. The number of phenols is 1. The minimum absolute atomic E-state index is 0.119. The van der Waals surface area contributed by atoms with Gasteiger partial charge in [-0.3, -0.25) is 0 Å². The third-order valence-corrected chi connectivity index (χ3v) is 3.96. The summed E-state index contributed by atoms with van der Waals surface area (Å²) in [6.07, 6.45) is 0. The van der Waals surface area contributed by atoms with E-state index >= 15 is 0 Å². The van der Waals surface area contributed by atoms with Gasteiger partial charge in [0.25, 0.3) is 0 Å². The molecule has 0 bridgehead atoms. The van der Waals surface area contributed by atoms with E-state index in [2.05, 4.69) is 5.14 Å². The molecule has 1 aromatic carbocycles. The highest BCUT2D eigenvalue weighted by Crippen LogP contribution is 2.21. The molecule has 8 nitrogen and oxygen atoms in total. The first-order chi connectivity index (χ1) is 8.09. The SMILES string of the molecule is Nc1ccc(CS(=O)(=O)NCS(N)(=O)=O)cc1O. The van der Waals surface area contributed by atoms with Crippen LogP contribution in [0.15, 0.2) is 18.2 Å². The molecule has 0 saturated heterocycles. The molecule has 10 heteroatoms. The molecule has 0 heterocycles. The van der Waals surface area contributed by atoms with Crippen LogP contribution < -0.4 is 15.6 Å². The second kappa shape index (κ2) is 5.10. The Bertz CT molecular complexity index is 639. The summed E-state index contributed by atoms with van der Waals surface area (Å²) in [5.74, 6) is -1.61. The number of nitrogens with two attached hydrogens (primary N) is 2. The van der Waals surface area contributed by atoms with Gasteiger partial charge in [-0.05, 0) is 17.7 Å². The number of nitrogen functional groups attached to an aromatic ring is 1. The van der Waals surface area contributed by atoms with Gasteiger partial charge in [-0.25, -0.2) is 22.0 Å². The summed E-state index contributed by atoms with van der Waals surface area (Å²) in [6.45, 7) is 0. The third-order valence-electron chi connectivity index (χ3n) is 1.93. The van der Waals surface area contributed by atoms with Crippen LogP contribution in [0.25, 0.3) is 0 Å². The Labute approximate surface area is 105 Å². The fraction of sp³-hybridized carbons (Fsp3) is 0.250. The predicted octanol–water partition coefficient (Wildman–Crippen LogP) is -1.36. The van der Waals surface area contributed by atoms with Crippen molar-refractivity contribution in [2.45, 2.75) is 5.75 Å². The van der Waals surface area contributed by atoms with Gasteiger partial charge in [-0.1, -0.05) is 6.07 Å². The summed E-state index contributed by atoms with van der Waals surface area (Å²) in [7, 11) is -7.78. The maximum atomic E-state index is 11.5. The molecule has 0 aromatic heterocycles. The highest BCUT2D eigenvalue weighted by Gasteiger charge is 2.15. The molecular weight excluding hydrogens is 282 g/mol. The van der Waals surface area contributed by atoms with Gasteiger partial charge >= 0.3 is 0 Å². The number of benzene rings is 1. The lowest BCUT2D eigenvalue weighted by Crippen LogP contribution is -2.33. The highest BCUT2D eigenvalue weighted by molar-refractivity contribution is 7.92. The molecular formula is C8H13N3O5S2. The van der Waals surface area contributed by atoms with Crippen LogP contribution in [0.1, 0.15) is 5.56 Å². The summed E-state index contributed by atoms with van der Waals surface area (Å²) in [4.78, 5) is 0. The van der Waals surface area contributed by atoms with Gasteiger partial charge in [0.05, 0.1) is 11.4 Å². The summed E-state index contributed by atoms with van der Waals surface area (Å²) < 4.78 is 46.1. The van der Waals surface area contributed by atoms with Crippen molar-refractivity contribution in [2.24, 2.45) is 5.14 Å². The Balaban J connectivity index is 2.80. The zero-order valence-corrected chi connectivity index (χ0v) is 10.8. The normalized spacial score (nSPS) is 12.5. The average Bonchev–Trinajstić information content (AvgIpc) is 2.20. The van der Waals surface area contributed by atoms with Crippen molar-refractivity contribution in [3.63, 3.8) is 0 Å². The Morgan fingerprint density at radius 3 is 2.33 bits per heavy atom. The summed E-state index contributed by atoms with van der Waals surface area (Å²) in [6, 6.07) is 3.94. The quantitative estimate of drug-likeness (QED) is 0.389. The topological polar surface area (TPSA) is 153 Å². The van der Waals surface area contributed by atoms with Crippen molar-refractivity contribution in [1.29, 1.82) is 0 Å². The lowest BCUT2D eigenvalue weighted by atomic mass is 10.2. The van der Waals surface area contributed by atoms with Crippen LogP contribution in [-0.4, -0.2) is 27.8 Å². The molecule has 0 unspecified atom stereocenters. The average molecular weight is 295 g/mol. The van der Waals surface area contributed by atoms with Gasteiger partial charge in [-0.2, -0.15) is 4.72 Å². The lowest BCUT2D eigenvalue weighted by Gasteiger charge is -2.07. The van der Waals surface area contributed by atoms with Crippen LogP contribution in [0, 0.1) is 0 Å². The van der Waals surface area contributed by atoms with Crippen molar-refractivity contribution in [3.05, 3.63) is 23.8 Å². The van der Waals surface area contributed by atoms with Gasteiger partial charge < -0.3 is 10.8 Å². The van der Waals surface area contributed by atoms with Gasteiger partial charge in [0.1, 0.15) is 11.6 Å². The van der Waals surface area contributed by atoms with E-state index in [0.717, 1.165) is 0 Å². The predicted molar refractivity (Wildman–Crippen MR) is 66.3 cm³/mol. The molecule has 0 radical (unpaired) electrons. The van der Waals surface area contributed by atoms with Gasteiger partial charge in [0.2, 0.25) is 20.0 Å². The molecule has 1 rings (SSSR count). The molecule has 102 valence electrons. The number of primary sulfonamides is 1. The molecule has 0 aliphatic heterocycles. The molecule has 0 amide bonds. The van der Waals surface area contributed by atoms with Crippen molar-refractivity contribution < 1.29 is 21.9 Å². The molecule has 0 saturated carbocycles. The maximum Gasteiger partial charge on any atom is 0.223 e. The standard InChI is InChI=1S/C8H13N3O5S2/c9-7-2-1-6(3-8(7)12)4-18(15,16)11-5-17(10,13)14/h1-3,11-12H,4-5,9H2,(H2,10,13,14). The molecule has 0 spiro atoms. The Kier molecular flexibility index (Phi) is 4.16. The van der Waals surface area contributed by atoms with Crippen LogP contribution in [-0.2, 0) is 25.8 Å². The van der Waals surface area contributed by atoms with E-state index in [1.165, 1.54) is 18.2 Å². The first-order valence-corrected chi connectivity index (χ1v) is 8.01. The molecule has 0 aliphatic carbocycles. The summed E-state index contributed by atoms with van der Waals surface area (Å²) in [5, 5.41) is 14.0. The van der Waals surface area contributed by atoms with E-state index in [1.54, 1.807) is 0 Å². The number of hydrogen-bond acceptors (Lipinski definition) is 6. The number of anilines is 1. The fourth-order valence-corrected chi connectivity index (χ4v) is 3.22. The zero-order valence-electron chi connectivity index (χ0n) is 9.20. The van der Waals surface area contributed by atoms with E-state index in [-0.39, 0.29) is 17.0 Å². The van der Waals surface area contributed by atoms with E-state index in [4.69, 9.17) is 5.73 Å². The van der Waals surface area contributed by atoms with E-state index < -0.39 is 31.7 Å². The molecule has 6 N–H and O–H groups in total. The van der Waals surface area contributed by atoms with Crippen LogP contribution >= 0.6 is 0 Å². The molecule has 0 fully saturated rings.